The molecule has 4 aromatic rings. The fourth-order valence-electron chi connectivity index (χ4n) is 3.34. The van der Waals surface area contributed by atoms with Crippen molar-refractivity contribution in [3.05, 3.63) is 58.6 Å². The Morgan fingerprint density at radius 1 is 1.23 bits per heavy atom. The quantitative estimate of drug-likeness (QED) is 0.443. The van der Waals surface area contributed by atoms with Gasteiger partial charge >= 0.3 is 0 Å². The number of rotatable bonds is 7. The molecule has 2 heterocycles. The Labute approximate surface area is 181 Å². The maximum absolute atomic E-state index is 13.8. The number of ether oxygens (including phenoxy) is 1. The first-order valence-corrected chi connectivity index (χ1v) is 10.6. The van der Waals surface area contributed by atoms with E-state index < -0.39 is 5.82 Å². The third kappa shape index (κ3) is 3.98. The molecule has 0 atom stereocenters. The van der Waals surface area contributed by atoms with E-state index in [4.69, 9.17) is 4.74 Å². The Balaban J connectivity index is 1.68. The zero-order valence-electron chi connectivity index (χ0n) is 17.0. The molecule has 1 amide bonds. The molecule has 4 rings (SSSR count). The smallest absolute Gasteiger partial charge is 0.262 e. The highest BCUT2D eigenvalue weighted by Crippen LogP contribution is 2.25. The van der Waals surface area contributed by atoms with E-state index in [1.54, 1.807) is 22.6 Å². The Bertz CT molecular complexity index is 1330. The molecule has 0 unspecified atom stereocenters. The van der Waals surface area contributed by atoms with Crippen LogP contribution in [-0.4, -0.2) is 37.9 Å². The van der Waals surface area contributed by atoms with Gasteiger partial charge in [-0.2, -0.15) is 0 Å². The number of para-hydroxylation sites is 2. The molecule has 0 bridgehead atoms. The minimum absolute atomic E-state index is 0.0639. The van der Waals surface area contributed by atoms with Crippen molar-refractivity contribution in [2.45, 2.75) is 25.0 Å². The number of fused-ring (bicyclic) bond motifs is 3. The van der Waals surface area contributed by atoms with Crippen molar-refractivity contribution < 1.29 is 13.9 Å². The zero-order valence-corrected chi connectivity index (χ0v) is 17.8. The molecule has 0 fully saturated rings. The van der Waals surface area contributed by atoms with Crippen LogP contribution in [0.3, 0.4) is 0 Å². The number of aryl methyl sites for hydroxylation is 1. The van der Waals surface area contributed by atoms with Gasteiger partial charge in [0, 0.05) is 6.54 Å². The molecule has 0 saturated carbocycles. The summed E-state index contributed by atoms with van der Waals surface area (Å²) >= 11 is 1.18. The van der Waals surface area contributed by atoms with Gasteiger partial charge in [0.25, 0.3) is 5.56 Å². The van der Waals surface area contributed by atoms with E-state index in [0.29, 0.717) is 40.9 Å². The molecule has 31 heavy (non-hydrogen) atoms. The van der Waals surface area contributed by atoms with E-state index >= 15 is 0 Å². The number of benzene rings is 2. The fraction of sp³-hybridized carbons (Fsp3) is 0.238. The molecule has 2 aromatic carbocycles. The number of thioether (sulfide) groups is 1. The topological polar surface area (TPSA) is 90.5 Å². The lowest BCUT2D eigenvalue weighted by Gasteiger charge is -2.11. The van der Waals surface area contributed by atoms with Crippen LogP contribution in [0.2, 0.25) is 0 Å². The molecule has 0 aliphatic heterocycles. The van der Waals surface area contributed by atoms with Crippen molar-refractivity contribution in [2.24, 2.45) is 0 Å². The number of methoxy groups -OCH3 is 1. The predicted octanol–water partition coefficient (Wildman–Crippen LogP) is 3.33. The SMILES string of the molecule is CCCn1c(=O)c2cc(F)ccc2n2c(SCC(=O)Nc3ccccc3OC)nnc12. The first kappa shape index (κ1) is 20.9. The highest BCUT2D eigenvalue weighted by Gasteiger charge is 2.18. The summed E-state index contributed by atoms with van der Waals surface area (Å²) in [4.78, 5) is 25.3. The van der Waals surface area contributed by atoms with E-state index in [2.05, 4.69) is 15.5 Å². The normalized spacial score (nSPS) is 11.2. The van der Waals surface area contributed by atoms with Gasteiger partial charge in [0.15, 0.2) is 5.16 Å². The molecule has 0 aliphatic carbocycles. The predicted molar refractivity (Wildman–Crippen MR) is 117 cm³/mol. The summed E-state index contributed by atoms with van der Waals surface area (Å²) in [5.74, 6) is 0.243. The number of hydrogen-bond donors (Lipinski definition) is 1. The number of carbonyl (C=O) groups is 1. The standard InChI is InChI=1S/C21H20FN5O3S/c1-3-10-26-19(29)14-11-13(22)8-9-16(14)27-20(26)24-25-21(27)31-12-18(28)23-15-6-4-5-7-17(15)30-2/h4-9,11H,3,10,12H2,1-2H3,(H,23,28). The number of aromatic nitrogens is 4. The van der Waals surface area contributed by atoms with Crippen molar-refractivity contribution in [3.8, 4) is 5.75 Å². The first-order valence-electron chi connectivity index (χ1n) is 9.66. The average molecular weight is 441 g/mol. The van der Waals surface area contributed by atoms with Gasteiger partial charge in [0.2, 0.25) is 11.7 Å². The monoisotopic (exact) mass is 441 g/mol. The average Bonchev–Trinajstić information content (AvgIpc) is 3.19. The second kappa shape index (κ2) is 8.76. The summed E-state index contributed by atoms with van der Waals surface area (Å²) in [6.45, 7) is 2.36. The van der Waals surface area contributed by atoms with E-state index in [-0.39, 0.29) is 22.6 Å². The Morgan fingerprint density at radius 2 is 2.03 bits per heavy atom. The van der Waals surface area contributed by atoms with Crippen LogP contribution in [0.5, 0.6) is 5.75 Å². The Hall–Kier alpha value is -3.40. The van der Waals surface area contributed by atoms with Crippen LogP contribution in [0.4, 0.5) is 10.1 Å². The van der Waals surface area contributed by atoms with Crippen LogP contribution in [0.1, 0.15) is 13.3 Å². The molecule has 1 N–H and O–H groups in total. The zero-order chi connectivity index (χ0) is 22.0. The van der Waals surface area contributed by atoms with Crippen molar-refractivity contribution in [3.63, 3.8) is 0 Å². The van der Waals surface area contributed by atoms with Crippen molar-refractivity contribution in [1.82, 2.24) is 19.2 Å². The van der Waals surface area contributed by atoms with Gasteiger partial charge in [0.1, 0.15) is 11.6 Å². The fourth-order valence-corrected chi connectivity index (χ4v) is 4.08. The molecule has 8 nitrogen and oxygen atoms in total. The van der Waals surface area contributed by atoms with Crippen LogP contribution in [0.25, 0.3) is 16.7 Å². The van der Waals surface area contributed by atoms with Crippen LogP contribution < -0.4 is 15.6 Å². The molecule has 160 valence electrons. The number of amides is 1. The summed E-state index contributed by atoms with van der Waals surface area (Å²) in [5, 5.41) is 11.8. The maximum Gasteiger partial charge on any atom is 0.262 e. The Kier molecular flexibility index (Phi) is 5.90. The molecular formula is C21H20FN5O3S. The minimum Gasteiger partial charge on any atom is -0.495 e. The van der Waals surface area contributed by atoms with E-state index in [0.717, 1.165) is 0 Å². The maximum atomic E-state index is 13.8. The van der Waals surface area contributed by atoms with Gasteiger partial charge in [0.05, 0.1) is 29.5 Å². The molecule has 0 aliphatic rings. The number of hydrogen-bond acceptors (Lipinski definition) is 6. The summed E-state index contributed by atoms with van der Waals surface area (Å²) in [7, 11) is 1.53. The number of nitrogens with zero attached hydrogens (tertiary/aromatic N) is 4. The third-order valence-corrected chi connectivity index (χ3v) is 5.62. The summed E-state index contributed by atoms with van der Waals surface area (Å²) in [5.41, 5.74) is 0.743. The van der Waals surface area contributed by atoms with Gasteiger partial charge in [-0.05, 0) is 36.8 Å². The van der Waals surface area contributed by atoms with Crippen LogP contribution in [-0.2, 0) is 11.3 Å². The lowest BCUT2D eigenvalue weighted by molar-refractivity contribution is -0.113. The Morgan fingerprint density at radius 3 is 2.81 bits per heavy atom. The number of halogens is 1. The summed E-state index contributed by atoms with van der Waals surface area (Å²) in [6.07, 6.45) is 0.701. The van der Waals surface area contributed by atoms with Crippen LogP contribution >= 0.6 is 11.8 Å². The van der Waals surface area contributed by atoms with E-state index in [1.165, 1.54) is 41.6 Å². The minimum atomic E-state index is -0.495. The van der Waals surface area contributed by atoms with Crippen LogP contribution in [0.15, 0.2) is 52.4 Å². The number of anilines is 1. The van der Waals surface area contributed by atoms with Gasteiger partial charge in [-0.15, -0.1) is 10.2 Å². The molecule has 0 saturated heterocycles. The molecular weight excluding hydrogens is 421 g/mol. The van der Waals surface area contributed by atoms with Gasteiger partial charge in [-0.3, -0.25) is 18.6 Å². The van der Waals surface area contributed by atoms with Gasteiger partial charge in [-0.25, -0.2) is 4.39 Å². The highest BCUT2D eigenvalue weighted by molar-refractivity contribution is 7.99. The second-order valence-corrected chi connectivity index (χ2v) is 7.72. The number of carbonyl (C=O) groups excluding carboxylic acids is 1. The van der Waals surface area contributed by atoms with Crippen LogP contribution in [0, 0.1) is 5.82 Å². The highest BCUT2D eigenvalue weighted by atomic mass is 32.2. The summed E-state index contributed by atoms with van der Waals surface area (Å²) in [6, 6.07) is 11.1. The third-order valence-electron chi connectivity index (χ3n) is 4.69. The molecule has 0 spiro atoms. The van der Waals surface area contributed by atoms with Gasteiger partial charge < -0.3 is 10.1 Å². The lowest BCUT2D eigenvalue weighted by atomic mass is 10.2. The first-order chi connectivity index (χ1) is 15.0. The molecule has 2 aromatic heterocycles. The van der Waals surface area contributed by atoms with Crippen molar-refractivity contribution in [2.75, 3.05) is 18.2 Å². The largest absolute Gasteiger partial charge is 0.495 e. The summed E-state index contributed by atoms with van der Waals surface area (Å²) < 4.78 is 22.2. The second-order valence-electron chi connectivity index (χ2n) is 6.77. The van der Waals surface area contributed by atoms with Gasteiger partial charge in [-0.1, -0.05) is 30.8 Å². The van der Waals surface area contributed by atoms with E-state index in [9.17, 15) is 14.0 Å². The van der Waals surface area contributed by atoms with Crippen molar-refractivity contribution >= 4 is 40.0 Å². The number of nitrogens with one attached hydrogen (secondary N) is 1. The molecule has 0 radical (unpaired) electrons. The lowest BCUT2D eigenvalue weighted by Crippen LogP contribution is -2.23. The van der Waals surface area contributed by atoms with Crippen molar-refractivity contribution in [1.29, 1.82) is 0 Å². The van der Waals surface area contributed by atoms with E-state index in [1.807, 2.05) is 13.0 Å². The molecule has 10 heteroatoms.